The van der Waals surface area contributed by atoms with Gasteiger partial charge in [-0.2, -0.15) is 5.10 Å². The van der Waals surface area contributed by atoms with Crippen molar-refractivity contribution in [2.45, 2.75) is 25.9 Å². The minimum Gasteiger partial charge on any atom is -0.292 e. The fourth-order valence-corrected chi connectivity index (χ4v) is 3.34. The molecule has 0 saturated heterocycles. The molecule has 0 saturated carbocycles. The highest BCUT2D eigenvalue weighted by Gasteiger charge is 2.44. The summed E-state index contributed by atoms with van der Waals surface area (Å²) in [4.78, 5) is 24.9. The molecule has 124 valence electrons. The zero-order valence-electron chi connectivity index (χ0n) is 13.7. The van der Waals surface area contributed by atoms with Gasteiger partial charge in [-0.05, 0) is 31.5 Å². The Morgan fingerprint density at radius 1 is 1.29 bits per heavy atom. The number of aromatic nitrogens is 3. The summed E-state index contributed by atoms with van der Waals surface area (Å²) in [5, 5.41) is 4.95. The van der Waals surface area contributed by atoms with Crippen LogP contribution >= 0.6 is 11.6 Å². The third kappa shape index (κ3) is 2.19. The topological polar surface area (TPSA) is 66.6 Å². The van der Waals surface area contributed by atoms with Crippen molar-refractivity contribution in [3.63, 3.8) is 0 Å². The fourth-order valence-electron chi connectivity index (χ4n) is 3.08. The van der Waals surface area contributed by atoms with E-state index in [1.807, 2.05) is 30.9 Å². The molecule has 0 atom stereocenters. The van der Waals surface area contributed by atoms with Gasteiger partial charge in [-0.25, -0.2) is 9.67 Å². The predicted octanol–water partition coefficient (Wildman–Crippen LogP) is 2.02. The molecule has 0 aliphatic carbocycles. The summed E-state index contributed by atoms with van der Waals surface area (Å²) in [6, 6.07) is 3.80. The first-order chi connectivity index (χ1) is 11.4. The highest BCUT2D eigenvalue weighted by Crippen LogP contribution is 2.37. The number of fused-ring (bicyclic) bond motifs is 3. The summed E-state index contributed by atoms with van der Waals surface area (Å²) in [6.07, 6.45) is 3.44. The Labute approximate surface area is 144 Å². The minimum absolute atomic E-state index is 0.177. The maximum absolute atomic E-state index is 12.7. The average molecular weight is 345 g/mol. The lowest BCUT2D eigenvalue weighted by Crippen LogP contribution is -2.48. The quantitative estimate of drug-likeness (QED) is 0.836. The van der Waals surface area contributed by atoms with Crippen molar-refractivity contribution in [3.8, 4) is 0 Å². The zero-order valence-corrected chi connectivity index (χ0v) is 14.4. The van der Waals surface area contributed by atoms with E-state index in [9.17, 15) is 4.79 Å². The van der Waals surface area contributed by atoms with Crippen molar-refractivity contribution in [1.29, 1.82) is 0 Å². The van der Waals surface area contributed by atoms with Crippen LogP contribution in [0.15, 0.2) is 29.5 Å². The number of carbonyl (C=O) groups excluding carboxylic acids is 1. The Hall–Kier alpha value is -2.41. The molecule has 4 heterocycles. The van der Waals surface area contributed by atoms with Crippen LogP contribution in [0.3, 0.4) is 0 Å². The first kappa shape index (κ1) is 15.1. The number of hydrogen-bond acceptors (Lipinski definition) is 5. The number of pyridine rings is 1. The number of rotatable bonds is 2. The van der Waals surface area contributed by atoms with Crippen molar-refractivity contribution in [2.75, 3.05) is 18.5 Å². The third-order valence-electron chi connectivity index (χ3n) is 4.22. The van der Waals surface area contributed by atoms with E-state index in [4.69, 9.17) is 11.6 Å². The van der Waals surface area contributed by atoms with Gasteiger partial charge in [0.1, 0.15) is 10.7 Å². The smallest absolute Gasteiger partial charge is 0.267 e. The van der Waals surface area contributed by atoms with Crippen LogP contribution in [-0.4, -0.2) is 50.7 Å². The van der Waals surface area contributed by atoms with E-state index in [-0.39, 0.29) is 11.4 Å². The van der Waals surface area contributed by atoms with Gasteiger partial charge in [0, 0.05) is 19.4 Å². The van der Waals surface area contributed by atoms with Gasteiger partial charge in [-0.3, -0.25) is 19.6 Å². The maximum atomic E-state index is 12.7. The van der Waals surface area contributed by atoms with E-state index < -0.39 is 0 Å². The van der Waals surface area contributed by atoms with E-state index in [2.05, 4.69) is 15.1 Å². The summed E-state index contributed by atoms with van der Waals surface area (Å²) < 4.78 is 1.65. The Bertz CT molecular complexity index is 857. The predicted molar refractivity (Wildman–Crippen MR) is 91.5 cm³/mol. The molecule has 1 amide bonds. The monoisotopic (exact) mass is 344 g/mol. The first-order valence-corrected chi connectivity index (χ1v) is 8.06. The van der Waals surface area contributed by atoms with E-state index in [0.29, 0.717) is 35.6 Å². The molecule has 0 N–H and O–H groups in total. The minimum atomic E-state index is -0.271. The summed E-state index contributed by atoms with van der Waals surface area (Å²) >= 11 is 6.48. The molecule has 2 aliphatic rings. The van der Waals surface area contributed by atoms with Crippen LogP contribution in [0.25, 0.3) is 0 Å². The fraction of sp³-hybridized carbons (Fsp3) is 0.375. The van der Waals surface area contributed by atoms with Crippen LogP contribution in [-0.2, 0) is 6.54 Å². The van der Waals surface area contributed by atoms with E-state index >= 15 is 0 Å². The van der Waals surface area contributed by atoms with Gasteiger partial charge < -0.3 is 0 Å². The maximum Gasteiger partial charge on any atom is 0.267 e. The van der Waals surface area contributed by atoms with Crippen molar-refractivity contribution in [2.24, 2.45) is 4.99 Å². The van der Waals surface area contributed by atoms with E-state index in [1.165, 1.54) is 0 Å². The SMILES string of the molecule is CN1C(=O)c2c(nn(Cc3ccncc3)c2Cl)N2CC(C)(C)N=C12. The highest BCUT2D eigenvalue weighted by atomic mass is 35.5. The highest BCUT2D eigenvalue weighted by molar-refractivity contribution is 6.35. The van der Waals surface area contributed by atoms with Gasteiger partial charge in [-0.15, -0.1) is 0 Å². The molecule has 0 fully saturated rings. The van der Waals surface area contributed by atoms with Crippen LogP contribution in [0.1, 0.15) is 29.8 Å². The van der Waals surface area contributed by atoms with Crippen LogP contribution in [0.5, 0.6) is 0 Å². The second-order valence-electron chi connectivity index (χ2n) is 6.68. The summed E-state index contributed by atoms with van der Waals surface area (Å²) in [5.74, 6) is 1.04. The Morgan fingerprint density at radius 2 is 2.00 bits per heavy atom. The molecule has 2 aliphatic heterocycles. The van der Waals surface area contributed by atoms with Crippen LogP contribution in [0.2, 0.25) is 5.15 Å². The number of aliphatic imine (C=N–C) groups is 1. The second kappa shape index (κ2) is 5.04. The summed E-state index contributed by atoms with van der Waals surface area (Å²) in [7, 11) is 1.72. The van der Waals surface area contributed by atoms with Crippen molar-refractivity contribution >= 4 is 29.3 Å². The van der Waals surface area contributed by atoms with Gasteiger partial charge in [0.2, 0.25) is 5.96 Å². The number of anilines is 1. The number of hydrogen-bond donors (Lipinski definition) is 0. The van der Waals surface area contributed by atoms with Gasteiger partial charge in [0.15, 0.2) is 5.82 Å². The molecular weight excluding hydrogens is 328 g/mol. The van der Waals surface area contributed by atoms with Gasteiger partial charge in [-0.1, -0.05) is 11.6 Å². The summed E-state index contributed by atoms with van der Waals surface area (Å²) in [6.45, 7) is 5.21. The molecule has 0 aromatic carbocycles. The second-order valence-corrected chi connectivity index (χ2v) is 7.04. The Morgan fingerprint density at radius 3 is 2.71 bits per heavy atom. The lowest BCUT2D eigenvalue weighted by molar-refractivity contribution is 0.0865. The third-order valence-corrected chi connectivity index (χ3v) is 4.60. The molecule has 2 aromatic heterocycles. The van der Waals surface area contributed by atoms with Crippen LogP contribution < -0.4 is 4.90 Å². The van der Waals surface area contributed by atoms with Crippen molar-refractivity contribution in [3.05, 3.63) is 40.8 Å². The van der Waals surface area contributed by atoms with Crippen LogP contribution in [0.4, 0.5) is 5.82 Å². The Kier molecular flexibility index (Phi) is 3.18. The van der Waals surface area contributed by atoms with Gasteiger partial charge in [0.05, 0.1) is 18.6 Å². The molecular formula is C16H17ClN6O. The summed E-state index contributed by atoms with van der Waals surface area (Å²) in [5.41, 5.74) is 1.18. The molecule has 0 bridgehead atoms. The van der Waals surface area contributed by atoms with Gasteiger partial charge >= 0.3 is 0 Å². The number of nitrogens with zero attached hydrogens (tertiary/aromatic N) is 6. The van der Waals surface area contributed by atoms with Crippen molar-refractivity contribution < 1.29 is 4.79 Å². The molecule has 0 unspecified atom stereocenters. The Balaban J connectivity index is 1.80. The van der Waals surface area contributed by atoms with Crippen LogP contribution in [0, 0.1) is 0 Å². The van der Waals surface area contributed by atoms with E-state index in [1.54, 1.807) is 29.0 Å². The number of carbonyl (C=O) groups is 1. The van der Waals surface area contributed by atoms with E-state index in [0.717, 1.165) is 5.56 Å². The average Bonchev–Trinajstić information content (AvgIpc) is 3.04. The lowest BCUT2D eigenvalue weighted by atomic mass is 10.1. The largest absolute Gasteiger partial charge is 0.292 e. The number of amides is 1. The molecule has 7 nitrogen and oxygen atoms in total. The molecule has 24 heavy (non-hydrogen) atoms. The normalized spacial score (nSPS) is 18.5. The number of guanidine groups is 1. The first-order valence-electron chi connectivity index (χ1n) is 7.68. The molecule has 2 aromatic rings. The van der Waals surface area contributed by atoms with Gasteiger partial charge in [0.25, 0.3) is 5.91 Å². The molecule has 0 spiro atoms. The molecule has 0 radical (unpaired) electrons. The van der Waals surface area contributed by atoms with Crippen molar-refractivity contribution in [1.82, 2.24) is 19.7 Å². The standard InChI is InChI=1S/C16H17ClN6O/c1-16(2)9-22-13-11(14(24)21(3)15(22)19-16)12(17)23(20-13)8-10-4-6-18-7-5-10/h4-7H,8-9H2,1-3H3. The molecule has 4 rings (SSSR count). The lowest BCUT2D eigenvalue weighted by Gasteiger charge is -2.30. The molecule has 8 heteroatoms. The zero-order chi connectivity index (χ0) is 17.1. The number of halogens is 1.